The van der Waals surface area contributed by atoms with Gasteiger partial charge in [-0.25, -0.2) is 0 Å². The first-order valence-electron chi connectivity index (χ1n) is 3.67. The molecule has 9 heavy (non-hydrogen) atoms. The lowest BCUT2D eigenvalue weighted by molar-refractivity contribution is 0.893. The summed E-state index contributed by atoms with van der Waals surface area (Å²) < 4.78 is 0. The predicted molar refractivity (Wildman–Crippen MR) is 48.4 cm³/mol. The van der Waals surface area contributed by atoms with Gasteiger partial charge in [-0.2, -0.15) is 0 Å². The second-order valence-corrected chi connectivity index (χ2v) is 4.31. The Balaban J connectivity index is 0.000000640. The van der Waals surface area contributed by atoms with Crippen LogP contribution in [0.15, 0.2) is 0 Å². The molecule has 0 N–H and O–H groups in total. The van der Waals surface area contributed by atoms with Crippen LogP contribution in [0.1, 0.15) is 32.6 Å². The highest BCUT2D eigenvalue weighted by Crippen LogP contribution is 2.39. The second kappa shape index (κ2) is 5.50. The zero-order valence-electron chi connectivity index (χ0n) is 6.02. The topological polar surface area (TPSA) is 0 Å². The quantitative estimate of drug-likeness (QED) is 0.445. The molecular formula is C7H16ClP. The summed E-state index contributed by atoms with van der Waals surface area (Å²) in [5.41, 5.74) is 1.18. The third kappa shape index (κ3) is 5.18. The van der Waals surface area contributed by atoms with Gasteiger partial charge in [0.2, 0.25) is 0 Å². The first-order valence-corrected chi connectivity index (χ1v) is 4.95. The fourth-order valence-electron chi connectivity index (χ4n) is 0.770. The molecular weight excluding hydrogens is 151 g/mol. The summed E-state index contributed by atoms with van der Waals surface area (Å²) in [5, 5.41) is 0. The van der Waals surface area contributed by atoms with Gasteiger partial charge in [-0.15, -0.1) is 21.0 Å². The van der Waals surface area contributed by atoms with Crippen molar-refractivity contribution in [3.63, 3.8) is 0 Å². The van der Waals surface area contributed by atoms with Crippen LogP contribution in [0.5, 0.6) is 0 Å². The molecule has 0 aromatic rings. The summed E-state index contributed by atoms with van der Waals surface area (Å²) in [7, 11) is 1.31. The minimum absolute atomic E-state index is 0. The zero-order chi connectivity index (χ0) is 5.82. The first kappa shape index (κ1) is 9.72. The zero-order valence-corrected chi connectivity index (χ0v) is 7.84. The van der Waals surface area contributed by atoms with Crippen LogP contribution in [0.25, 0.3) is 0 Å². The number of halogens is 1. The van der Waals surface area contributed by atoms with Gasteiger partial charge in [-0.1, -0.05) is 13.3 Å². The molecule has 1 rings (SSSR count). The van der Waals surface area contributed by atoms with E-state index in [4.69, 9.17) is 0 Å². The number of hydrogen-bond donors (Lipinski definition) is 0. The summed E-state index contributed by atoms with van der Waals surface area (Å²) in [6, 6.07) is 0. The van der Waals surface area contributed by atoms with Gasteiger partial charge in [0, 0.05) is 0 Å². The van der Waals surface area contributed by atoms with Gasteiger partial charge in [0.15, 0.2) is 0 Å². The lowest BCUT2D eigenvalue weighted by Gasteiger charge is -1.93. The number of unbranched alkanes of at least 4 members (excludes halogenated alkanes) is 1. The van der Waals surface area contributed by atoms with Crippen LogP contribution in [0.3, 0.4) is 0 Å². The molecule has 1 aliphatic carbocycles. The lowest BCUT2D eigenvalue weighted by Crippen LogP contribution is -1.75. The van der Waals surface area contributed by atoms with Gasteiger partial charge >= 0.3 is 0 Å². The monoisotopic (exact) mass is 166 g/mol. The molecule has 1 unspecified atom stereocenters. The summed E-state index contributed by atoms with van der Waals surface area (Å²) in [5.74, 6) is 0. The van der Waals surface area contributed by atoms with Crippen molar-refractivity contribution in [2.24, 2.45) is 0 Å². The molecule has 2 heteroatoms. The highest BCUT2D eigenvalue weighted by atomic mass is 35.5. The van der Waals surface area contributed by atoms with Crippen molar-refractivity contribution in [1.29, 1.82) is 0 Å². The molecule has 0 heterocycles. The molecule has 1 aliphatic rings. The Morgan fingerprint density at radius 1 is 1.44 bits per heavy atom. The molecule has 1 fully saturated rings. The van der Waals surface area contributed by atoms with Crippen molar-refractivity contribution in [2.45, 2.75) is 38.3 Å². The van der Waals surface area contributed by atoms with Crippen LogP contribution in [0.2, 0.25) is 0 Å². The SMILES string of the molecule is CCCCPC1CC1.Cl. The van der Waals surface area contributed by atoms with Crippen LogP contribution in [0, 0.1) is 0 Å². The Morgan fingerprint density at radius 3 is 2.56 bits per heavy atom. The van der Waals surface area contributed by atoms with E-state index in [0.29, 0.717) is 0 Å². The third-order valence-corrected chi connectivity index (χ3v) is 3.34. The molecule has 0 bridgehead atoms. The minimum Gasteiger partial charge on any atom is -0.147 e. The van der Waals surface area contributed by atoms with Crippen molar-refractivity contribution in [3.05, 3.63) is 0 Å². The van der Waals surface area contributed by atoms with Crippen molar-refractivity contribution in [2.75, 3.05) is 6.16 Å². The Morgan fingerprint density at radius 2 is 2.11 bits per heavy atom. The van der Waals surface area contributed by atoms with Crippen LogP contribution in [-0.4, -0.2) is 11.8 Å². The van der Waals surface area contributed by atoms with Crippen molar-refractivity contribution >= 4 is 21.0 Å². The molecule has 1 saturated carbocycles. The number of rotatable bonds is 4. The van der Waals surface area contributed by atoms with Gasteiger partial charge < -0.3 is 0 Å². The first-order chi connectivity index (χ1) is 3.93. The average molecular weight is 167 g/mol. The van der Waals surface area contributed by atoms with E-state index in [0.717, 1.165) is 0 Å². The van der Waals surface area contributed by atoms with Gasteiger partial charge in [0.05, 0.1) is 0 Å². The molecule has 0 aromatic carbocycles. The summed E-state index contributed by atoms with van der Waals surface area (Å²) in [4.78, 5) is 0. The van der Waals surface area contributed by atoms with E-state index in [9.17, 15) is 0 Å². The molecule has 56 valence electrons. The van der Waals surface area contributed by atoms with E-state index in [1.54, 1.807) is 12.8 Å². The Kier molecular flexibility index (Phi) is 5.94. The molecule has 0 aromatic heterocycles. The lowest BCUT2D eigenvalue weighted by atomic mass is 10.4. The largest absolute Gasteiger partial charge is 0.147 e. The third-order valence-electron chi connectivity index (χ3n) is 1.54. The standard InChI is InChI=1S/C7H15P.ClH/c1-2-3-6-8-7-4-5-7;/h7-8H,2-6H2,1H3;1H. The molecule has 0 radical (unpaired) electrons. The number of hydrogen-bond acceptors (Lipinski definition) is 0. The second-order valence-electron chi connectivity index (χ2n) is 2.58. The molecule has 0 amide bonds. The van der Waals surface area contributed by atoms with Crippen LogP contribution in [0.4, 0.5) is 0 Å². The average Bonchev–Trinajstić information content (AvgIpc) is 2.51. The highest BCUT2D eigenvalue weighted by molar-refractivity contribution is 7.39. The van der Waals surface area contributed by atoms with E-state index in [-0.39, 0.29) is 12.4 Å². The highest BCUT2D eigenvalue weighted by Gasteiger charge is 2.19. The van der Waals surface area contributed by atoms with Crippen molar-refractivity contribution < 1.29 is 0 Å². The van der Waals surface area contributed by atoms with Crippen LogP contribution < -0.4 is 0 Å². The van der Waals surface area contributed by atoms with Gasteiger partial charge in [-0.05, 0) is 31.1 Å². The van der Waals surface area contributed by atoms with Crippen LogP contribution >= 0.6 is 21.0 Å². The van der Waals surface area contributed by atoms with Gasteiger partial charge in [0.1, 0.15) is 0 Å². The molecule has 0 saturated heterocycles. The molecule has 0 spiro atoms. The normalized spacial score (nSPS) is 18.3. The fraction of sp³-hybridized carbons (Fsp3) is 1.00. The molecule has 1 atom stereocenters. The molecule has 0 aliphatic heterocycles. The Bertz CT molecular complexity index is 61.9. The maximum Gasteiger partial charge on any atom is -0.0236 e. The van der Waals surface area contributed by atoms with Crippen molar-refractivity contribution in [1.82, 2.24) is 0 Å². The maximum atomic E-state index is 2.28. The maximum absolute atomic E-state index is 2.28. The van der Waals surface area contributed by atoms with Crippen LogP contribution in [-0.2, 0) is 0 Å². The fourth-order valence-corrected chi connectivity index (χ4v) is 2.31. The van der Waals surface area contributed by atoms with E-state index in [2.05, 4.69) is 6.92 Å². The molecule has 0 nitrogen and oxygen atoms in total. The summed E-state index contributed by atoms with van der Waals surface area (Å²) >= 11 is 0. The van der Waals surface area contributed by atoms with Gasteiger partial charge in [0.25, 0.3) is 0 Å². The predicted octanol–water partition coefficient (Wildman–Crippen LogP) is 3.05. The minimum atomic E-state index is 0. The van der Waals surface area contributed by atoms with Crippen molar-refractivity contribution in [3.8, 4) is 0 Å². The smallest absolute Gasteiger partial charge is 0.0236 e. The van der Waals surface area contributed by atoms with Gasteiger partial charge in [-0.3, -0.25) is 0 Å². The summed E-state index contributed by atoms with van der Waals surface area (Å²) in [6.45, 7) is 2.28. The Hall–Kier alpha value is 0.720. The van der Waals surface area contributed by atoms with E-state index in [1.165, 1.54) is 33.2 Å². The van der Waals surface area contributed by atoms with E-state index < -0.39 is 0 Å². The van der Waals surface area contributed by atoms with E-state index >= 15 is 0 Å². The summed E-state index contributed by atoms with van der Waals surface area (Å²) in [6.07, 6.45) is 7.46. The Labute approximate surface area is 66.0 Å². The van der Waals surface area contributed by atoms with E-state index in [1.807, 2.05) is 0 Å².